The second-order valence-electron chi connectivity index (χ2n) is 9.40. The lowest BCUT2D eigenvalue weighted by Gasteiger charge is -2.60. The normalized spacial score (nSPS) is 45.8. The maximum atomic E-state index is 13.5. The molecule has 0 bridgehead atoms. The van der Waals surface area contributed by atoms with Crippen molar-refractivity contribution in [3.63, 3.8) is 0 Å². The zero-order chi connectivity index (χ0) is 20.4. The van der Waals surface area contributed by atoms with Crippen LogP contribution in [0.15, 0.2) is 23.0 Å². The summed E-state index contributed by atoms with van der Waals surface area (Å²) < 4.78 is 22.6. The average Bonchev–Trinajstić information content (AvgIpc) is 3.12. The minimum absolute atomic E-state index is 0.0498. The zero-order valence-corrected chi connectivity index (χ0v) is 16.9. The van der Waals surface area contributed by atoms with Gasteiger partial charge in [-0.15, -0.1) is 0 Å². The van der Waals surface area contributed by atoms with Crippen molar-refractivity contribution in [3.05, 3.63) is 24.2 Å². The second kappa shape index (κ2) is 6.32. The molecule has 4 aliphatic rings. The zero-order valence-electron chi connectivity index (χ0n) is 16.9. The third-order valence-electron chi connectivity index (χ3n) is 8.29. The minimum Gasteiger partial charge on any atom is -0.472 e. The first-order valence-corrected chi connectivity index (χ1v) is 10.5. The molecule has 158 valence electrons. The minimum atomic E-state index is -0.784. The number of aliphatic hydroxyl groups excluding tert-OH is 1. The van der Waals surface area contributed by atoms with E-state index in [-0.39, 0.29) is 36.5 Å². The van der Waals surface area contributed by atoms with Gasteiger partial charge in [-0.2, -0.15) is 0 Å². The van der Waals surface area contributed by atoms with Gasteiger partial charge in [-0.25, -0.2) is 0 Å². The summed E-state index contributed by atoms with van der Waals surface area (Å²) in [6.07, 6.45) is 5.65. The molecule has 2 saturated heterocycles. The summed E-state index contributed by atoms with van der Waals surface area (Å²) in [5, 5.41) is 11.4. The Morgan fingerprint density at radius 1 is 1.41 bits per heavy atom. The highest BCUT2D eigenvalue weighted by Gasteiger charge is 2.77. The molecule has 2 spiro atoms. The lowest BCUT2D eigenvalue weighted by Crippen LogP contribution is -2.67. The van der Waals surface area contributed by atoms with E-state index in [4.69, 9.17) is 18.6 Å². The van der Waals surface area contributed by atoms with Crippen molar-refractivity contribution in [1.82, 2.24) is 0 Å². The van der Waals surface area contributed by atoms with Gasteiger partial charge in [0.05, 0.1) is 36.1 Å². The molecule has 29 heavy (non-hydrogen) atoms. The molecule has 0 radical (unpaired) electrons. The van der Waals surface area contributed by atoms with Crippen LogP contribution >= 0.6 is 0 Å². The molecule has 0 unspecified atom stereocenters. The quantitative estimate of drug-likeness (QED) is 0.611. The largest absolute Gasteiger partial charge is 0.472 e. The smallest absolute Gasteiger partial charge is 0.313 e. The van der Waals surface area contributed by atoms with E-state index in [1.165, 1.54) is 6.92 Å². The first-order valence-electron chi connectivity index (χ1n) is 10.5. The van der Waals surface area contributed by atoms with Crippen LogP contribution in [0.3, 0.4) is 0 Å². The molecule has 1 aromatic heterocycles. The molecular weight excluding hydrogens is 376 g/mol. The van der Waals surface area contributed by atoms with E-state index < -0.39 is 22.5 Å². The van der Waals surface area contributed by atoms with E-state index in [2.05, 4.69) is 0 Å². The highest BCUT2D eigenvalue weighted by atomic mass is 16.6. The van der Waals surface area contributed by atoms with Gasteiger partial charge in [-0.3, -0.25) is 9.59 Å². The summed E-state index contributed by atoms with van der Waals surface area (Å²) in [7, 11) is 0. The Morgan fingerprint density at radius 2 is 2.21 bits per heavy atom. The van der Waals surface area contributed by atoms with Crippen molar-refractivity contribution in [2.24, 2.45) is 22.7 Å². The molecule has 5 rings (SSSR count). The Morgan fingerprint density at radius 3 is 2.86 bits per heavy atom. The predicted molar refractivity (Wildman–Crippen MR) is 99.5 cm³/mol. The Balaban J connectivity index is 1.59. The fourth-order valence-electron chi connectivity index (χ4n) is 6.80. The molecular formula is C22H28O7. The van der Waals surface area contributed by atoms with Gasteiger partial charge in [0.25, 0.3) is 0 Å². The highest BCUT2D eigenvalue weighted by molar-refractivity contribution is 5.81. The molecule has 2 aliphatic heterocycles. The third-order valence-corrected chi connectivity index (χ3v) is 8.29. The molecule has 2 saturated carbocycles. The van der Waals surface area contributed by atoms with Crippen molar-refractivity contribution in [3.8, 4) is 0 Å². The molecule has 7 nitrogen and oxygen atoms in total. The standard InChI is InChI=1S/C22H28O7/c1-13-8-18(24)22(12-27-14(2)23)17(4-3-6-20(22)11-28-20)21(13)9-16(29-19(21)25)15-5-7-26-10-15/h5,7,10,13,16-18,24H,3-4,6,8-9,11-12H2,1-2H3/t13-,16+,17-,18+,20+,21-,22+/m1/s1. The number of furan rings is 1. The number of rotatable bonds is 3. The maximum Gasteiger partial charge on any atom is 0.313 e. The van der Waals surface area contributed by atoms with Crippen LogP contribution in [0.5, 0.6) is 0 Å². The van der Waals surface area contributed by atoms with Gasteiger partial charge in [0.2, 0.25) is 0 Å². The fraction of sp³-hybridized carbons (Fsp3) is 0.727. The number of fused-ring (bicyclic) bond motifs is 3. The SMILES string of the molecule is CC(=O)OC[C@@]12[C@H](CCC[C@]13CO3)[C@@]1(C[C@@H](c3ccoc3)OC1=O)[C@H](C)C[C@@H]2O. The topological polar surface area (TPSA) is 98.5 Å². The Bertz CT molecular complexity index is 813. The van der Waals surface area contributed by atoms with Gasteiger partial charge < -0.3 is 23.7 Å². The summed E-state index contributed by atoms with van der Waals surface area (Å²) >= 11 is 0. The van der Waals surface area contributed by atoms with Crippen molar-refractivity contribution in [2.75, 3.05) is 13.2 Å². The van der Waals surface area contributed by atoms with Crippen molar-refractivity contribution in [1.29, 1.82) is 0 Å². The summed E-state index contributed by atoms with van der Waals surface area (Å²) in [6, 6.07) is 1.83. The van der Waals surface area contributed by atoms with Crippen LogP contribution in [-0.4, -0.2) is 42.0 Å². The molecule has 0 amide bonds. The van der Waals surface area contributed by atoms with Gasteiger partial charge in [-0.05, 0) is 37.2 Å². The van der Waals surface area contributed by atoms with E-state index in [9.17, 15) is 14.7 Å². The highest BCUT2D eigenvalue weighted by Crippen LogP contribution is 2.70. The number of carbonyl (C=O) groups is 2. The second-order valence-corrected chi connectivity index (χ2v) is 9.40. The van der Waals surface area contributed by atoms with E-state index >= 15 is 0 Å². The van der Waals surface area contributed by atoms with E-state index in [0.29, 0.717) is 19.4 Å². The summed E-state index contributed by atoms with van der Waals surface area (Å²) in [5.74, 6) is -0.817. The van der Waals surface area contributed by atoms with Crippen LogP contribution in [0.4, 0.5) is 0 Å². The first kappa shape index (κ1) is 19.1. The van der Waals surface area contributed by atoms with Crippen molar-refractivity contribution in [2.45, 2.75) is 63.8 Å². The number of cyclic esters (lactones) is 1. The summed E-state index contributed by atoms with van der Waals surface area (Å²) in [6.45, 7) is 4.02. The maximum absolute atomic E-state index is 13.5. The number of ether oxygens (including phenoxy) is 3. The third kappa shape index (κ3) is 2.43. The van der Waals surface area contributed by atoms with Gasteiger partial charge in [0.15, 0.2) is 0 Å². The van der Waals surface area contributed by atoms with E-state index in [0.717, 1.165) is 24.8 Å². The molecule has 7 atom stereocenters. The van der Waals surface area contributed by atoms with Gasteiger partial charge in [-0.1, -0.05) is 13.3 Å². The number of aliphatic hydroxyl groups is 1. The average molecular weight is 404 g/mol. The Labute approximate surface area is 169 Å². The van der Waals surface area contributed by atoms with Crippen LogP contribution in [0, 0.1) is 22.7 Å². The summed E-state index contributed by atoms with van der Waals surface area (Å²) in [5.41, 5.74) is -1.19. The van der Waals surface area contributed by atoms with Crippen LogP contribution < -0.4 is 0 Å². The van der Waals surface area contributed by atoms with Gasteiger partial charge in [0.1, 0.15) is 18.3 Å². The fourth-order valence-corrected chi connectivity index (χ4v) is 6.80. The number of hydrogen-bond donors (Lipinski definition) is 1. The van der Waals surface area contributed by atoms with Crippen LogP contribution in [0.2, 0.25) is 0 Å². The van der Waals surface area contributed by atoms with Gasteiger partial charge in [0, 0.05) is 18.9 Å². The number of hydrogen-bond acceptors (Lipinski definition) is 7. The Hall–Kier alpha value is -1.86. The monoisotopic (exact) mass is 404 g/mol. The van der Waals surface area contributed by atoms with E-state index in [1.54, 1.807) is 12.5 Å². The Kier molecular flexibility index (Phi) is 4.17. The van der Waals surface area contributed by atoms with Gasteiger partial charge >= 0.3 is 11.9 Å². The lowest BCUT2D eigenvalue weighted by atomic mass is 9.42. The first-order chi connectivity index (χ1) is 13.9. The lowest BCUT2D eigenvalue weighted by molar-refractivity contribution is -0.219. The number of epoxide rings is 1. The molecule has 1 aromatic rings. The molecule has 3 heterocycles. The van der Waals surface area contributed by atoms with Crippen LogP contribution in [-0.2, 0) is 23.8 Å². The molecule has 1 N–H and O–H groups in total. The number of carbonyl (C=O) groups excluding carboxylic acids is 2. The summed E-state index contributed by atoms with van der Waals surface area (Å²) in [4.78, 5) is 25.2. The number of esters is 2. The van der Waals surface area contributed by atoms with Crippen LogP contribution in [0.1, 0.15) is 57.6 Å². The van der Waals surface area contributed by atoms with Crippen molar-refractivity contribution < 1.29 is 33.3 Å². The molecule has 7 heteroatoms. The molecule has 2 aliphatic carbocycles. The molecule has 0 aromatic carbocycles. The molecule has 4 fully saturated rings. The van der Waals surface area contributed by atoms with E-state index in [1.807, 2.05) is 13.0 Å². The van der Waals surface area contributed by atoms with Crippen molar-refractivity contribution >= 4 is 11.9 Å². The van der Waals surface area contributed by atoms with Crippen LogP contribution in [0.25, 0.3) is 0 Å². The predicted octanol–water partition coefficient (Wildman–Crippen LogP) is 2.77.